The van der Waals surface area contributed by atoms with E-state index >= 15 is 0 Å². The SMILES string of the molecule is CCCCCCCCNC(=O)C=CSC(=O)c1ccc([N+](=O)[O-])c(OC)c1. The summed E-state index contributed by atoms with van der Waals surface area (Å²) in [5, 5.41) is 14.7. The van der Waals surface area contributed by atoms with E-state index in [4.69, 9.17) is 4.74 Å². The van der Waals surface area contributed by atoms with Crippen LogP contribution >= 0.6 is 11.8 Å². The standard InChI is InChI=1S/C19H26N2O5S/c1-3-4-5-6-7-8-12-20-18(22)11-13-27-19(23)15-9-10-16(21(24)25)17(14-15)26-2/h9-11,13-14H,3-8,12H2,1-2H3,(H,20,22). The molecule has 0 fully saturated rings. The maximum absolute atomic E-state index is 12.1. The Kier molecular flexibility index (Phi) is 10.9. The summed E-state index contributed by atoms with van der Waals surface area (Å²) in [6, 6.07) is 3.91. The van der Waals surface area contributed by atoms with Crippen LogP contribution in [0.2, 0.25) is 0 Å². The van der Waals surface area contributed by atoms with Gasteiger partial charge < -0.3 is 10.1 Å². The highest BCUT2D eigenvalue weighted by Crippen LogP contribution is 2.29. The Labute approximate surface area is 163 Å². The number of hydrogen-bond donors (Lipinski definition) is 1. The van der Waals surface area contributed by atoms with Crippen LogP contribution in [0.15, 0.2) is 29.7 Å². The van der Waals surface area contributed by atoms with Crippen LogP contribution in [-0.2, 0) is 4.79 Å². The smallest absolute Gasteiger partial charge is 0.310 e. The first-order valence-corrected chi connectivity index (χ1v) is 9.85. The maximum Gasteiger partial charge on any atom is 0.310 e. The predicted octanol–water partition coefficient (Wildman–Crippen LogP) is 4.47. The monoisotopic (exact) mass is 394 g/mol. The van der Waals surface area contributed by atoms with E-state index in [1.165, 1.54) is 62.5 Å². The van der Waals surface area contributed by atoms with E-state index in [9.17, 15) is 19.7 Å². The molecule has 0 aliphatic rings. The lowest BCUT2D eigenvalue weighted by Gasteiger charge is -2.04. The number of carbonyl (C=O) groups excluding carboxylic acids is 2. The molecule has 1 rings (SSSR count). The van der Waals surface area contributed by atoms with Crippen molar-refractivity contribution in [3.8, 4) is 5.75 Å². The summed E-state index contributed by atoms with van der Waals surface area (Å²) in [5.74, 6) is -0.225. The summed E-state index contributed by atoms with van der Waals surface area (Å²) in [6.07, 6.45) is 8.23. The second kappa shape index (κ2) is 12.9. The Morgan fingerprint density at radius 3 is 2.59 bits per heavy atom. The first-order chi connectivity index (χ1) is 13.0. The summed E-state index contributed by atoms with van der Waals surface area (Å²) in [4.78, 5) is 34.1. The maximum atomic E-state index is 12.1. The molecule has 0 spiro atoms. The molecule has 1 aromatic rings. The van der Waals surface area contributed by atoms with Crippen molar-refractivity contribution in [3.63, 3.8) is 0 Å². The Hall–Kier alpha value is -2.35. The number of hydrogen-bond acceptors (Lipinski definition) is 6. The fourth-order valence-corrected chi connectivity index (χ4v) is 2.94. The van der Waals surface area contributed by atoms with Crippen LogP contribution < -0.4 is 10.1 Å². The minimum absolute atomic E-state index is 0.0205. The molecule has 0 heterocycles. The number of amides is 1. The zero-order chi connectivity index (χ0) is 20.1. The van der Waals surface area contributed by atoms with Gasteiger partial charge in [0.15, 0.2) is 5.75 Å². The number of methoxy groups -OCH3 is 1. The molecule has 0 saturated heterocycles. The van der Waals surface area contributed by atoms with Crippen LogP contribution in [-0.4, -0.2) is 29.6 Å². The van der Waals surface area contributed by atoms with Crippen LogP contribution in [0.5, 0.6) is 5.75 Å². The largest absolute Gasteiger partial charge is 0.490 e. The van der Waals surface area contributed by atoms with Crippen LogP contribution in [0.4, 0.5) is 5.69 Å². The van der Waals surface area contributed by atoms with Crippen LogP contribution in [0.25, 0.3) is 0 Å². The van der Waals surface area contributed by atoms with Gasteiger partial charge in [-0.15, -0.1) is 0 Å². The number of nitrogens with one attached hydrogen (secondary N) is 1. The number of nitrogens with zero attached hydrogens (tertiary/aromatic N) is 1. The van der Waals surface area contributed by atoms with Gasteiger partial charge in [-0.1, -0.05) is 50.8 Å². The molecular weight excluding hydrogens is 368 g/mol. The number of nitro benzene ring substituents is 1. The number of benzene rings is 1. The quantitative estimate of drug-likeness (QED) is 0.243. The molecule has 0 bridgehead atoms. The third-order valence-electron chi connectivity index (χ3n) is 3.84. The minimum atomic E-state index is -0.575. The number of ether oxygens (including phenoxy) is 1. The van der Waals surface area contributed by atoms with Crippen molar-refractivity contribution < 1.29 is 19.2 Å². The van der Waals surface area contributed by atoms with Gasteiger partial charge in [0.05, 0.1) is 12.0 Å². The zero-order valence-corrected chi connectivity index (χ0v) is 16.5. The van der Waals surface area contributed by atoms with Crippen molar-refractivity contribution in [2.75, 3.05) is 13.7 Å². The van der Waals surface area contributed by atoms with Gasteiger partial charge in [0.25, 0.3) is 0 Å². The second-order valence-electron chi connectivity index (χ2n) is 5.91. The van der Waals surface area contributed by atoms with E-state index in [1.807, 2.05) is 0 Å². The Morgan fingerprint density at radius 2 is 1.93 bits per heavy atom. The van der Waals surface area contributed by atoms with Crippen molar-refractivity contribution in [1.82, 2.24) is 5.32 Å². The van der Waals surface area contributed by atoms with E-state index in [-0.39, 0.29) is 28.0 Å². The molecule has 0 aliphatic heterocycles. The molecule has 27 heavy (non-hydrogen) atoms. The molecule has 0 saturated carbocycles. The highest BCUT2D eigenvalue weighted by atomic mass is 32.2. The number of unbranched alkanes of at least 4 members (excludes halogenated alkanes) is 5. The van der Waals surface area contributed by atoms with E-state index in [2.05, 4.69) is 12.2 Å². The molecule has 0 atom stereocenters. The fraction of sp³-hybridized carbons (Fsp3) is 0.474. The number of thioether (sulfide) groups is 1. The van der Waals surface area contributed by atoms with E-state index in [0.29, 0.717) is 6.54 Å². The van der Waals surface area contributed by atoms with Crippen molar-refractivity contribution >= 4 is 28.5 Å². The fourth-order valence-electron chi connectivity index (χ4n) is 2.36. The van der Waals surface area contributed by atoms with Crippen molar-refractivity contribution in [1.29, 1.82) is 0 Å². The lowest BCUT2D eigenvalue weighted by Crippen LogP contribution is -2.21. The Morgan fingerprint density at radius 1 is 1.22 bits per heavy atom. The molecule has 8 heteroatoms. The summed E-state index contributed by atoms with van der Waals surface area (Å²) in [7, 11) is 1.30. The van der Waals surface area contributed by atoms with Gasteiger partial charge in [0.1, 0.15) is 0 Å². The molecule has 0 unspecified atom stereocenters. The summed E-state index contributed by atoms with van der Waals surface area (Å²) in [6.45, 7) is 2.79. The zero-order valence-electron chi connectivity index (χ0n) is 15.7. The molecule has 1 N–H and O–H groups in total. The first-order valence-electron chi connectivity index (χ1n) is 8.97. The summed E-state index contributed by atoms with van der Waals surface area (Å²) in [5.41, 5.74) is 0.0586. The van der Waals surface area contributed by atoms with Gasteiger partial charge >= 0.3 is 5.69 Å². The van der Waals surface area contributed by atoms with E-state index in [1.54, 1.807) is 0 Å². The van der Waals surface area contributed by atoms with Gasteiger partial charge in [-0.3, -0.25) is 19.7 Å². The molecule has 0 radical (unpaired) electrons. The van der Waals surface area contributed by atoms with Gasteiger partial charge in [-0.25, -0.2) is 0 Å². The molecular formula is C19H26N2O5S. The average molecular weight is 394 g/mol. The number of carbonyl (C=O) groups is 2. The van der Waals surface area contributed by atoms with Gasteiger partial charge in [-0.2, -0.15) is 0 Å². The van der Waals surface area contributed by atoms with Crippen molar-refractivity contribution in [2.45, 2.75) is 45.4 Å². The lowest BCUT2D eigenvalue weighted by atomic mass is 10.1. The van der Waals surface area contributed by atoms with Gasteiger partial charge in [0, 0.05) is 24.3 Å². The molecule has 0 aliphatic carbocycles. The Bertz CT molecular complexity index is 676. The minimum Gasteiger partial charge on any atom is -0.490 e. The van der Waals surface area contributed by atoms with E-state index in [0.717, 1.165) is 24.6 Å². The van der Waals surface area contributed by atoms with Crippen LogP contribution in [0, 0.1) is 10.1 Å². The first kappa shape index (κ1) is 22.7. The topological polar surface area (TPSA) is 98.5 Å². The number of rotatable bonds is 12. The Balaban J connectivity index is 2.38. The van der Waals surface area contributed by atoms with E-state index < -0.39 is 4.92 Å². The summed E-state index contributed by atoms with van der Waals surface area (Å²) < 4.78 is 4.94. The summed E-state index contributed by atoms with van der Waals surface area (Å²) >= 11 is 0.838. The lowest BCUT2D eigenvalue weighted by molar-refractivity contribution is -0.385. The number of nitro groups is 1. The van der Waals surface area contributed by atoms with Crippen LogP contribution in [0.1, 0.15) is 55.8 Å². The average Bonchev–Trinajstić information content (AvgIpc) is 2.66. The highest BCUT2D eigenvalue weighted by Gasteiger charge is 2.17. The van der Waals surface area contributed by atoms with Gasteiger partial charge in [-0.05, 0) is 24.0 Å². The third-order valence-corrected chi connectivity index (χ3v) is 4.56. The molecule has 1 aromatic carbocycles. The van der Waals surface area contributed by atoms with Crippen molar-refractivity contribution in [3.05, 3.63) is 45.4 Å². The van der Waals surface area contributed by atoms with Crippen molar-refractivity contribution in [2.24, 2.45) is 0 Å². The highest BCUT2D eigenvalue weighted by molar-refractivity contribution is 8.16. The molecule has 1 amide bonds. The molecule has 0 aromatic heterocycles. The molecule has 7 nitrogen and oxygen atoms in total. The normalized spacial score (nSPS) is 10.7. The second-order valence-corrected chi connectivity index (χ2v) is 6.79. The van der Waals surface area contributed by atoms with Crippen LogP contribution in [0.3, 0.4) is 0 Å². The predicted molar refractivity (Wildman–Crippen MR) is 107 cm³/mol. The van der Waals surface area contributed by atoms with Gasteiger partial charge in [0.2, 0.25) is 11.0 Å². The molecule has 148 valence electrons. The third kappa shape index (κ3) is 8.72.